The van der Waals surface area contributed by atoms with Crippen molar-refractivity contribution in [3.63, 3.8) is 0 Å². The van der Waals surface area contributed by atoms with Crippen LogP contribution < -0.4 is 5.32 Å². The van der Waals surface area contributed by atoms with Crippen molar-refractivity contribution in [1.82, 2.24) is 15.3 Å². The molecule has 0 saturated carbocycles. The van der Waals surface area contributed by atoms with Gasteiger partial charge in [0.25, 0.3) is 0 Å². The number of fused-ring (bicyclic) bond motifs is 1. The molecule has 5 heteroatoms. The van der Waals surface area contributed by atoms with Gasteiger partial charge in [-0.1, -0.05) is 12.1 Å². The van der Waals surface area contributed by atoms with Crippen molar-refractivity contribution in [3.8, 4) is 5.75 Å². The molecule has 0 aliphatic rings. The van der Waals surface area contributed by atoms with E-state index in [9.17, 15) is 9.50 Å². The number of H-pyrrole nitrogens is 1. The van der Waals surface area contributed by atoms with Gasteiger partial charge in [0.1, 0.15) is 17.4 Å². The largest absolute Gasteiger partial charge is 0.508 e. The first-order valence-electron chi connectivity index (χ1n) is 6.83. The number of nitrogens with one attached hydrogen (secondary N) is 2. The summed E-state index contributed by atoms with van der Waals surface area (Å²) < 4.78 is 12.8. The Bertz CT molecular complexity index is 737. The highest BCUT2D eigenvalue weighted by atomic mass is 19.1. The number of halogens is 1. The molecule has 3 rings (SSSR count). The number of aromatic hydroxyl groups is 1. The zero-order valence-electron chi connectivity index (χ0n) is 11.4. The van der Waals surface area contributed by atoms with Crippen molar-refractivity contribution in [2.75, 3.05) is 6.54 Å². The lowest BCUT2D eigenvalue weighted by Crippen LogP contribution is -2.17. The lowest BCUT2D eigenvalue weighted by Gasteiger charge is -2.03. The fraction of sp³-hybridized carbons (Fsp3) is 0.188. The molecule has 0 aliphatic heterocycles. The van der Waals surface area contributed by atoms with Gasteiger partial charge in [-0.3, -0.25) is 0 Å². The van der Waals surface area contributed by atoms with Gasteiger partial charge in [-0.05, 0) is 29.8 Å². The second-order valence-corrected chi connectivity index (χ2v) is 4.94. The number of aromatic nitrogens is 2. The Balaban J connectivity index is 1.53. The van der Waals surface area contributed by atoms with E-state index in [0.29, 0.717) is 6.54 Å². The fourth-order valence-corrected chi connectivity index (χ4v) is 2.21. The molecule has 0 saturated heterocycles. The smallest absolute Gasteiger partial charge is 0.123 e. The minimum absolute atomic E-state index is 0.218. The minimum atomic E-state index is -0.218. The van der Waals surface area contributed by atoms with Crippen molar-refractivity contribution < 1.29 is 9.50 Å². The highest BCUT2D eigenvalue weighted by molar-refractivity contribution is 5.76. The molecule has 3 N–H and O–H groups in total. The third kappa shape index (κ3) is 3.38. The van der Waals surface area contributed by atoms with Crippen molar-refractivity contribution in [1.29, 1.82) is 0 Å². The molecule has 4 nitrogen and oxygen atoms in total. The van der Waals surface area contributed by atoms with Crippen LogP contribution in [-0.4, -0.2) is 21.6 Å². The molecular formula is C16H16FN3O. The molecule has 1 heterocycles. The van der Waals surface area contributed by atoms with Crippen LogP contribution in [0.1, 0.15) is 11.4 Å². The lowest BCUT2D eigenvalue weighted by molar-refractivity contribution is 0.476. The molecule has 0 radical (unpaired) electrons. The number of rotatable bonds is 5. The summed E-state index contributed by atoms with van der Waals surface area (Å²) in [6.45, 7) is 1.46. The third-order valence-electron chi connectivity index (χ3n) is 3.30. The van der Waals surface area contributed by atoms with Gasteiger partial charge in [0.05, 0.1) is 11.0 Å². The molecule has 0 spiro atoms. The van der Waals surface area contributed by atoms with Crippen LogP contribution in [0.15, 0.2) is 42.5 Å². The average molecular weight is 285 g/mol. The molecule has 0 unspecified atom stereocenters. The van der Waals surface area contributed by atoms with Crippen molar-refractivity contribution in [2.45, 2.75) is 13.0 Å². The maximum Gasteiger partial charge on any atom is 0.123 e. The van der Waals surface area contributed by atoms with E-state index in [1.54, 1.807) is 30.3 Å². The summed E-state index contributed by atoms with van der Waals surface area (Å²) in [5.74, 6) is 0.888. The maximum atomic E-state index is 12.8. The van der Waals surface area contributed by atoms with E-state index >= 15 is 0 Å². The Hall–Kier alpha value is -2.40. The van der Waals surface area contributed by atoms with Crippen molar-refractivity contribution in [2.24, 2.45) is 0 Å². The van der Waals surface area contributed by atoms with Crippen LogP contribution in [0, 0.1) is 5.82 Å². The summed E-state index contributed by atoms with van der Waals surface area (Å²) >= 11 is 0. The Morgan fingerprint density at radius 3 is 2.76 bits per heavy atom. The molecule has 1 aromatic heterocycles. The van der Waals surface area contributed by atoms with E-state index in [1.165, 1.54) is 12.1 Å². The van der Waals surface area contributed by atoms with Crippen molar-refractivity contribution >= 4 is 11.0 Å². The molecule has 3 aromatic rings. The minimum Gasteiger partial charge on any atom is -0.508 e. The first-order valence-corrected chi connectivity index (χ1v) is 6.83. The summed E-state index contributed by atoms with van der Waals surface area (Å²) in [4.78, 5) is 7.64. The predicted molar refractivity (Wildman–Crippen MR) is 79.6 cm³/mol. The van der Waals surface area contributed by atoms with Gasteiger partial charge in [-0.25, -0.2) is 9.37 Å². The summed E-state index contributed by atoms with van der Waals surface area (Å²) in [6.07, 6.45) is 0.761. The predicted octanol–water partition coefficient (Wildman–Crippen LogP) is 2.74. The number of benzene rings is 2. The van der Waals surface area contributed by atoms with Crippen LogP contribution in [0.5, 0.6) is 5.75 Å². The molecule has 0 aliphatic carbocycles. The molecule has 0 atom stereocenters. The molecule has 0 fully saturated rings. The molecule has 108 valence electrons. The second kappa shape index (κ2) is 5.93. The van der Waals surface area contributed by atoms with E-state index in [-0.39, 0.29) is 11.6 Å². The maximum absolute atomic E-state index is 12.8. The summed E-state index contributed by atoms with van der Waals surface area (Å²) in [5.41, 5.74) is 2.73. The van der Waals surface area contributed by atoms with E-state index < -0.39 is 0 Å². The van der Waals surface area contributed by atoms with Crippen LogP contribution in [0.25, 0.3) is 11.0 Å². The molecule has 2 aromatic carbocycles. The Labute approximate surface area is 121 Å². The molecular weight excluding hydrogens is 269 g/mol. The van der Waals surface area contributed by atoms with E-state index in [2.05, 4.69) is 15.3 Å². The summed E-state index contributed by atoms with van der Waals surface area (Å²) in [5, 5.41) is 12.7. The normalized spacial score (nSPS) is 11.1. The monoisotopic (exact) mass is 285 g/mol. The number of aromatic amines is 1. The SMILES string of the molecule is Oc1ccc2nc(CCNCc3ccc(F)cc3)[nH]c2c1. The Kier molecular flexibility index (Phi) is 3.83. The van der Waals surface area contributed by atoms with Gasteiger partial charge in [0, 0.05) is 25.6 Å². The number of imidazole rings is 1. The number of phenolic OH excluding ortho intramolecular Hbond substituents is 1. The number of nitrogens with zero attached hydrogens (tertiary/aromatic N) is 1. The quantitative estimate of drug-likeness (QED) is 0.632. The second-order valence-electron chi connectivity index (χ2n) is 4.94. The van der Waals surface area contributed by atoms with Gasteiger partial charge in [0.2, 0.25) is 0 Å². The zero-order chi connectivity index (χ0) is 14.7. The highest BCUT2D eigenvalue weighted by Gasteiger charge is 2.03. The van der Waals surface area contributed by atoms with E-state index in [1.807, 2.05) is 0 Å². The van der Waals surface area contributed by atoms with Gasteiger partial charge in [0.15, 0.2) is 0 Å². The topological polar surface area (TPSA) is 60.9 Å². The number of phenols is 1. The molecule has 0 amide bonds. The Morgan fingerprint density at radius 1 is 1.14 bits per heavy atom. The highest BCUT2D eigenvalue weighted by Crippen LogP contribution is 2.17. The number of hydrogen-bond acceptors (Lipinski definition) is 3. The first-order chi connectivity index (χ1) is 10.2. The van der Waals surface area contributed by atoms with Gasteiger partial charge >= 0.3 is 0 Å². The fourth-order valence-electron chi connectivity index (χ4n) is 2.21. The van der Waals surface area contributed by atoms with Gasteiger partial charge in [-0.15, -0.1) is 0 Å². The zero-order valence-corrected chi connectivity index (χ0v) is 11.4. The molecule has 0 bridgehead atoms. The van der Waals surface area contributed by atoms with Gasteiger partial charge in [-0.2, -0.15) is 0 Å². The molecule has 21 heavy (non-hydrogen) atoms. The first kappa shape index (κ1) is 13.6. The van der Waals surface area contributed by atoms with Crippen LogP contribution in [-0.2, 0) is 13.0 Å². The van der Waals surface area contributed by atoms with Gasteiger partial charge < -0.3 is 15.4 Å². The average Bonchev–Trinajstić information content (AvgIpc) is 2.87. The third-order valence-corrected chi connectivity index (χ3v) is 3.30. The van der Waals surface area contributed by atoms with Crippen LogP contribution in [0.2, 0.25) is 0 Å². The van der Waals surface area contributed by atoms with E-state index in [0.717, 1.165) is 35.4 Å². The van der Waals surface area contributed by atoms with Crippen LogP contribution >= 0.6 is 0 Å². The standard InChI is InChI=1S/C16H16FN3O/c17-12-3-1-11(2-4-12)10-18-8-7-16-19-14-6-5-13(21)9-15(14)20-16/h1-6,9,18,21H,7-8,10H2,(H,19,20). The summed E-state index contributed by atoms with van der Waals surface area (Å²) in [7, 11) is 0. The van der Waals surface area contributed by atoms with Crippen LogP contribution in [0.4, 0.5) is 4.39 Å². The number of hydrogen-bond donors (Lipinski definition) is 3. The summed E-state index contributed by atoms with van der Waals surface area (Å²) in [6, 6.07) is 11.5. The van der Waals surface area contributed by atoms with Crippen molar-refractivity contribution in [3.05, 3.63) is 59.7 Å². The lowest BCUT2D eigenvalue weighted by atomic mass is 10.2. The van der Waals surface area contributed by atoms with Crippen LogP contribution in [0.3, 0.4) is 0 Å². The van der Waals surface area contributed by atoms with E-state index in [4.69, 9.17) is 0 Å². The Morgan fingerprint density at radius 2 is 1.95 bits per heavy atom.